The summed E-state index contributed by atoms with van der Waals surface area (Å²) >= 11 is 3.11. The predicted octanol–water partition coefficient (Wildman–Crippen LogP) is 3.98. The molecule has 1 aromatic carbocycles. The van der Waals surface area contributed by atoms with Crippen LogP contribution in [0.15, 0.2) is 34.9 Å². The van der Waals surface area contributed by atoms with E-state index in [0.29, 0.717) is 21.5 Å². The molecule has 0 aliphatic carbocycles. The predicted molar refractivity (Wildman–Crippen MR) is 85.2 cm³/mol. The molecule has 0 saturated heterocycles. The molecule has 110 valence electrons. The first-order chi connectivity index (χ1) is 10.0. The number of nitrogens with zero attached hydrogens (tertiary/aromatic N) is 1. The highest BCUT2D eigenvalue weighted by Crippen LogP contribution is 2.24. The fraction of sp³-hybridized carbons (Fsp3) is 0.200. The number of carbonyl (C=O) groups excluding carboxylic acids is 1. The van der Waals surface area contributed by atoms with E-state index < -0.39 is 5.82 Å². The Labute approximate surface area is 130 Å². The summed E-state index contributed by atoms with van der Waals surface area (Å²) in [7, 11) is 0. The maximum Gasteiger partial charge on any atom is 0.257 e. The summed E-state index contributed by atoms with van der Waals surface area (Å²) < 4.78 is 13.9. The average molecular weight is 352 g/mol. The van der Waals surface area contributed by atoms with Crippen LogP contribution in [0, 0.1) is 12.7 Å². The lowest BCUT2D eigenvalue weighted by atomic mass is 10.2. The monoisotopic (exact) mass is 351 g/mol. The van der Waals surface area contributed by atoms with Gasteiger partial charge in [-0.2, -0.15) is 0 Å². The van der Waals surface area contributed by atoms with E-state index in [1.807, 2.05) is 6.92 Å². The molecule has 6 heteroatoms. The minimum atomic E-state index is -0.420. The number of benzene rings is 1. The quantitative estimate of drug-likeness (QED) is 0.875. The first kappa shape index (κ1) is 15.4. The number of rotatable bonds is 4. The Kier molecular flexibility index (Phi) is 4.90. The Morgan fingerprint density at radius 1 is 1.38 bits per heavy atom. The van der Waals surface area contributed by atoms with E-state index in [2.05, 4.69) is 31.5 Å². The molecular weight excluding hydrogens is 337 g/mol. The first-order valence-electron chi connectivity index (χ1n) is 6.48. The Bertz CT molecular complexity index is 659. The van der Waals surface area contributed by atoms with Crippen LogP contribution in [0.5, 0.6) is 0 Å². The number of aromatic nitrogens is 1. The Morgan fingerprint density at radius 2 is 2.14 bits per heavy atom. The Morgan fingerprint density at radius 3 is 2.76 bits per heavy atom. The molecule has 4 nitrogen and oxygen atoms in total. The summed E-state index contributed by atoms with van der Waals surface area (Å²) in [5.41, 5.74) is 1.63. The molecule has 2 N–H and O–H groups in total. The SMILES string of the molecule is CCNc1ccc(C(=O)Nc2cc(F)c(Br)cc2C)cn1. The van der Waals surface area contributed by atoms with Crippen LogP contribution >= 0.6 is 15.9 Å². The zero-order valence-corrected chi connectivity index (χ0v) is 13.3. The number of carbonyl (C=O) groups is 1. The molecule has 0 fully saturated rings. The number of hydrogen-bond donors (Lipinski definition) is 2. The van der Waals surface area contributed by atoms with Gasteiger partial charge in [0.15, 0.2) is 0 Å². The molecule has 0 radical (unpaired) electrons. The fourth-order valence-electron chi connectivity index (χ4n) is 1.79. The Balaban J connectivity index is 2.16. The topological polar surface area (TPSA) is 54.0 Å². The van der Waals surface area contributed by atoms with Gasteiger partial charge in [0.25, 0.3) is 5.91 Å². The number of anilines is 2. The zero-order valence-electron chi connectivity index (χ0n) is 11.7. The third-order valence-corrected chi connectivity index (χ3v) is 3.51. The van der Waals surface area contributed by atoms with Crippen LogP contribution in [0.25, 0.3) is 0 Å². The second-order valence-corrected chi connectivity index (χ2v) is 5.35. The molecule has 21 heavy (non-hydrogen) atoms. The molecule has 0 aliphatic rings. The summed E-state index contributed by atoms with van der Waals surface area (Å²) in [6.07, 6.45) is 1.48. The summed E-state index contributed by atoms with van der Waals surface area (Å²) in [4.78, 5) is 16.3. The van der Waals surface area contributed by atoms with Crippen molar-refractivity contribution in [2.45, 2.75) is 13.8 Å². The lowest BCUT2D eigenvalue weighted by Gasteiger charge is -2.10. The largest absolute Gasteiger partial charge is 0.370 e. The van der Waals surface area contributed by atoms with Crippen molar-refractivity contribution in [3.63, 3.8) is 0 Å². The minimum absolute atomic E-state index is 0.324. The van der Waals surface area contributed by atoms with Gasteiger partial charge in [-0.05, 0) is 59.6 Å². The van der Waals surface area contributed by atoms with Crippen LogP contribution in [0.4, 0.5) is 15.9 Å². The maximum atomic E-state index is 13.5. The zero-order chi connectivity index (χ0) is 15.4. The van der Waals surface area contributed by atoms with Gasteiger partial charge in [0.05, 0.1) is 10.0 Å². The van der Waals surface area contributed by atoms with Gasteiger partial charge < -0.3 is 10.6 Å². The van der Waals surface area contributed by atoms with E-state index in [1.54, 1.807) is 25.1 Å². The van der Waals surface area contributed by atoms with E-state index in [1.165, 1.54) is 12.3 Å². The van der Waals surface area contributed by atoms with Gasteiger partial charge in [-0.25, -0.2) is 9.37 Å². The number of hydrogen-bond acceptors (Lipinski definition) is 3. The minimum Gasteiger partial charge on any atom is -0.370 e. The highest BCUT2D eigenvalue weighted by atomic mass is 79.9. The van der Waals surface area contributed by atoms with Gasteiger partial charge in [0.1, 0.15) is 11.6 Å². The second-order valence-electron chi connectivity index (χ2n) is 4.50. The Hall–Kier alpha value is -1.95. The van der Waals surface area contributed by atoms with Crippen LogP contribution in [0.1, 0.15) is 22.8 Å². The lowest BCUT2D eigenvalue weighted by Crippen LogP contribution is -2.13. The highest BCUT2D eigenvalue weighted by Gasteiger charge is 2.11. The van der Waals surface area contributed by atoms with Crippen LogP contribution in [0.2, 0.25) is 0 Å². The van der Waals surface area contributed by atoms with Gasteiger partial charge in [-0.15, -0.1) is 0 Å². The lowest BCUT2D eigenvalue weighted by molar-refractivity contribution is 0.102. The molecule has 0 unspecified atom stereocenters. The van der Waals surface area contributed by atoms with E-state index in [-0.39, 0.29) is 5.91 Å². The smallest absolute Gasteiger partial charge is 0.257 e. The van der Waals surface area contributed by atoms with Crippen molar-refractivity contribution in [3.8, 4) is 0 Å². The standard InChI is InChI=1S/C15H15BrFN3O/c1-3-18-14-5-4-10(8-19-14)15(21)20-13-7-12(17)11(16)6-9(13)2/h4-8H,3H2,1-2H3,(H,18,19)(H,20,21). The molecule has 2 aromatic rings. The fourth-order valence-corrected chi connectivity index (χ4v) is 2.25. The summed E-state index contributed by atoms with van der Waals surface area (Å²) in [6, 6.07) is 6.31. The molecule has 0 atom stereocenters. The third kappa shape index (κ3) is 3.78. The molecule has 0 aliphatic heterocycles. The van der Waals surface area contributed by atoms with Crippen LogP contribution in [0.3, 0.4) is 0 Å². The molecule has 1 aromatic heterocycles. The summed E-state index contributed by atoms with van der Waals surface area (Å²) in [5, 5.41) is 5.73. The molecule has 0 bridgehead atoms. The van der Waals surface area contributed by atoms with Crippen molar-refractivity contribution in [1.82, 2.24) is 4.98 Å². The third-order valence-electron chi connectivity index (χ3n) is 2.90. The number of nitrogens with one attached hydrogen (secondary N) is 2. The van der Waals surface area contributed by atoms with E-state index in [4.69, 9.17) is 0 Å². The van der Waals surface area contributed by atoms with E-state index in [9.17, 15) is 9.18 Å². The van der Waals surface area contributed by atoms with E-state index in [0.717, 1.165) is 12.1 Å². The van der Waals surface area contributed by atoms with Crippen molar-refractivity contribution in [3.05, 3.63) is 51.9 Å². The number of amides is 1. The summed E-state index contributed by atoms with van der Waals surface area (Å²) in [6.45, 7) is 4.52. The molecular formula is C15H15BrFN3O. The van der Waals surface area contributed by atoms with Crippen LogP contribution < -0.4 is 10.6 Å². The average Bonchev–Trinajstić information content (AvgIpc) is 2.46. The summed E-state index contributed by atoms with van der Waals surface area (Å²) in [5.74, 6) is -0.0354. The molecule has 1 heterocycles. The highest BCUT2D eigenvalue weighted by molar-refractivity contribution is 9.10. The molecule has 0 saturated carbocycles. The van der Waals surface area contributed by atoms with Crippen LogP contribution in [-0.2, 0) is 0 Å². The maximum absolute atomic E-state index is 13.5. The molecule has 2 rings (SSSR count). The van der Waals surface area contributed by atoms with Crippen molar-refractivity contribution in [2.75, 3.05) is 17.2 Å². The van der Waals surface area contributed by atoms with Crippen molar-refractivity contribution in [1.29, 1.82) is 0 Å². The number of aryl methyl sites for hydroxylation is 1. The van der Waals surface area contributed by atoms with E-state index >= 15 is 0 Å². The number of pyridine rings is 1. The van der Waals surface area contributed by atoms with Crippen molar-refractivity contribution < 1.29 is 9.18 Å². The second kappa shape index (κ2) is 6.67. The van der Waals surface area contributed by atoms with Crippen molar-refractivity contribution >= 4 is 33.3 Å². The number of halogens is 2. The van der Waals surface area contributed by atoms with Gasteiger partial charge in [0, 0.05) is 18.4 Å². The normalized spacial score (nSPS) is 10.3. The van der Waals surface area contributed by atoms with Crippen LogP contribution in [-0.4, -0.2) is 17.4 Å². The first-order valence-corrected chi connectivity index (χ1v) is 7.27. The molecule has 0 spiro atoms. The van der Waals surface area contributed by atoms with Gasteiger partial charge >= 0.3 is 0 Å². The molecule has 1 amide bonds. The van der Waals surface area contributed by atoms with Gasteiger partial charge in [0.2, 0.25) is 0 Å². The van der Waals surface area contributed by atoms with Crippen molar-refractivity contribution in [2.24, 2.45) is 0 Å². The van der Waals surface area contributed by atoms with Gasteiger partial charge in [-0.1, -0.05) is 0 Å². The van der Waals surface area contributed by atoms with Gasteiger partial charge in [-0.3, -0.25) is 4.79 Å².